The quantitative estimate of drug-likeness (QED) is 0.473. The Balaban J connectivity index is 2.05. The predicted octanol–water partition coefficient (Wildman–Crippen LogP) is 1.65. The molecule has 0 unspecified atom stereocenters. The summed E-state index contributed by atoms with van der Waals surface area (Å²) in [6.07, 6.45) is 4.28. The van der Waals surface area contributed by atoms with E-state index < -0.39 is 0 Å². The van der Waals surface area contributed by atoms with Gasteiger partial charge in [-0.25, -0.2) is 0 Å². The number of thioether (sulfide) groups is 1. The van der Waals surface area contributed by atoms with E-state index in [0.29, 0.717) is 15.0 Å². The van der Waals surface area contributed by atoms with Crippen molar-refractivity contribution in [1.82, 2.24) is 5.32 Å². The highest BCUT2D eigenvalue weighted by molar-refractivity contribution is 8.26. The molecule has 1 aromatic heterocycles. The van der Waals surface area contributed by atoms with Gasteiger partial charge in [0.05, 0.1) is 6.26 Å². The highest BCUT2D eigenvalue weighted by Crippen LogP contribution is 2.23. The van der Waals surface area contributed by atoms with Crippen LogP contribution in [0.2, 0.25) is 0 Å². The fourth-order valence-corrected chi connectivity index (χ4v) is 1.79. The molecule has 0 aliphatic carbocycles. The third kappa shape index (κ3) is 1.97. The van der Waals surface area contributed by atoms with E-state index in [1.165, 1.54) is 30.6 Å². The molecule has 72 valence electrons. The van der Waals surface area contributed by atoms with Crippen LogP contribution in [0.25, 0.3) is 0 Å². The first-order chi connectivity index (χ1) is 6.75. The van der Waals surface area contributed by atoms with E-state index in [0.717, 1.165) is 0 Å². The van der Waals surface area contributed by atoms with Crippen LogP contribution in [-0.2, 0) is 4.79 Å². The normalized spacial score (nSPS) is 18.7. The number of ether oxygens (including phenoxy) is 1. The molecule has 2 heterocycles. The van der Waals surface area contributed by atoms with Crippen LogP contribution in [0.5, 0.6) is 5.75 Å². The molecule has 1 aliphatic rings. The smallest absolute Gasteiger partial charge is 0.266 e. The maximum atomic E-state index is 11.2. The Bertz CT molecular complexity index is 397. The third-order valence-corrected chi connectivity index (χ3v) is 2.58. The second-order valence-electron chi connectivity index (χ2n) is 2.40. The van der Waals surface area contributed by atoms with Crippen molar-refractivity contribution in [2.45, 2.75) is 0 Å². The van der Waals surface area contributed by atoms with Gasteiger partial charge >= 0.3 is 0 Å². The maximum Gasteiger partial charge on any atom is 0.266 e. The van der Waals surface area contributed by atoms with Gasteiger partial charge in [0.2, 0.25) is 0 Å². The highest BCUT2D eigenvalue weighted by Gasteiger charge is 2.22. The highest BCUT2D eigenvalue weighted by atomic mass is 32.2. The number of furan rings is 1. The number of hydrogen-bond donors (Lipinski definition) is 1. The molecular formula is C8H5NO3S2. The average Bonchev–Trinajstić information content (AvgIpc) is 2.72. The van der Waals surface area contributed by atoms with Crippen molar-refractivity contribution in [2.24, 2.45) is 0 Å². The number of carbonyl (C=O) groups excluding carboxylic acids is 1. The number of hydrogen-bond acceptors (Lipinski definition) is 5. The summed E-state index contributed by atoms with van der Waals surface area (Å²) < 4.78 is 10.4. The van der Waals surface area contributed by atoms with Crippen LogP contribution in [0.4, 0.5) is 0 Å². The van der Waals surface area contributed by atoms with Crippen LogP contribution in [0.3, 0.4) is 0 Å². The van der Waals surface area contributed by atoms with Crippen molar-refractivity contribution in [3.8, 4) is 5.75 Å². The Hall–Kier alpha value is -1.27. The number of rotatable bonds is 2. The van der Waals surface area contributed by atoms with Crippen molar-refractivity contribution in [3.05, 3.63) is 29.8 Å². The third-order valence-electron chi connectivity index (χ3n) is 1.44. The van der Waals surface area contributed by atoms with Crippen molar-refractivity contribution < 1.29 is 13.9 Å². The minimum Gasteiger partial charge on any atom is -0.469 e. The van der Waals surface area contributed by atoms with Crippen LogP contribution in [0, 0.1) is 0 Å². The number of nitrogens with one attached hydrogen (secondary N) is 1. The molecule has 6 heteroatoms. The summed E-state index contributed by atoms with van der Waals surface area (Å²) in [5.41, 5.74) is 0. The fraction of sp³-hybridized carbons (Fsp3) is 0. The topological polar surface area (TPSA) is 51.5 Å². The molecule has 0 saturated carbocycles. The summed E-state index contributed by atoms with van der Waals surface area (Å²) >= 11 is 5.98. The summed E-state index contributed by atoms with van der Waals surface area (Å²) in [7, 11) is 0. The standard InChI is InChI=1S/C8H5NO3S2/c10-7-6(14-8(13)9-7)4-12-5-1-2-11-3-5/h1-4H,(H,9,10,13). The van der Waals surface area contributed by atoms with Crippen LogP contribution < -0.4 is 10.1 Å². The minimum atomic E-state index is -0.233. The average molecular weight is 227 g/mol. The van der Waals surface area contributed by atoms with E-state index in [1.54, 1.807) is 6.07 Å². The van der Waals surface area contributed by atoms with Crippen LogP contribution in [0.15, 0.2) is 34.2 Å². The first-order valence-electron chi connectivity index (χ1n) is 3.68. The molecule has 2 rings (SSSR count). The SMILES string of the molecule is O=C1NC(=S)SC1=COc1ccoc1. The zero-order valence-corrected chi connectivity index (χ0v) is 8.48. The molecule has 1 fully saturated rings. The fourth-order valence-electron chi connectivity index (χ4n) is 0.844. The van der Waals surface area contributed by atoms with Gasteiger partial charge in [0, 0.05) is 6.07 Å². The summed E-state index contributed by atoms with van der Waals surface area (Å²) in [5, 5.41) is 2.48. The van der Waals surface area contributed by atoms with Gasteiger partial charge in [0.25, 0.3) is 5.91 Å². The van der Waals surface area contributed by atoms with Crippen molar-refractivity contribution >= 4 is 34.2 Å². The zero-order chi connectivity index (χ0) is 9.97. The van der Waals surface area contributed by atoms with Gasteiger partial charge in [-0.1, -0.05) is 24.0 Å². The minimum absolute atomic E-state index is 0.233. The maximum absolute atomic E-state index is 11.2. The van der Waals surface area contributed by atoms with Crippen LogP contribution in [-0.4, -0.2) is 10.2 Å². The molecule has 1 aromatic rings. The molecule has 1 N–H and O–H groups in total. The van der Waals surface area contributed by atoms with Gasteiger partial charge in [-0.3, -0.25) is 4.79 Å². The summed E-state index contributed by atoms with van der Waals surface area (Å²) in [6.45, 7) is 0. The molecule has 0 bridgehead atoms. The van der Waals surface area contributed by atoms with Crippen LogP contribution >= 0.6 is 24.0 Å². The lowest BCUT2D eigenvalue weighted by Gasteiger charge is -1.94. The Morgan fingerprint density at radius 2 is 2.50 bits per heavy atom. The van der Waals surface area contributed by atoms with Gasteiger partial charge in [0.1, 0.15) is 21.8 Å². The second-order valence-corrected chi connectivity index (χ2v) is 4.12. The lowest BCUT2D eigenvalue weighted by molar-refractivity contribution is -0.115. The first kappa shape index (κ1) is 9.29. The Morgan fingerprint density at radius 3 is 3.07 bits per heavy atom. The van der Waals surface area contributed by atoms with E-state index in [4.69, 9.17) is 21.4 Å². The van der Waals surface area contributed by atoms with Gasteiger partial charge < -0.3 is 14.5 Å². The molecule has 1 saturated heterocycles. The summed E-state index contributed by atoms with van der Waals surface area (Å²) in [4.78, 5) is 11.6. The van der Waals surface area contributed by atoms with Crippen LogP contribution in [0.1, 0.15) is 0 Å². The summed E-state index contributed by atoms with van der Waals surface area (Å²) in [5.74, 6) is 0.312. The summed E-state index contributed by atoms with van der Waals surface area (Å²) in [6, 6.07) is 1.65. The van der Waals surface area contributed by atoms with Crippen molar-refractivity contribution in [2.75, 3.05) is 0 Å². The number of amides is 1. The van der Waals surface area contributed by atoms with E-state index in [2.05, 4.69) is 5.32 Å². The lowest BCUT2D eigenvalue weighted by Crippen LogP contribution is -2.17. The molecule has 4 nitrogen and oxygen atoms in total. The largest absolute Gasteiger partial charge is 0.469 e. The monoisotopic (exact) mass is 227 g/mol. The van der Waals surface area contributed by atoms with E-state index in [9.17, 15) is 4.79 Å². The van der Waals surface area contributed by atoms with E-state index in [1.807, 2.05) is 0 Å². The molecule has 0 atom stereocenters. The number of carbonyl (C=O) groups is 1. The molecule has 1 amide bonds. The molecule has 1 aliphatic heterocycles. The Kier molecular flexibility index (Phi) is 2.55. The number of thiocarbonyl (C=S) groups is 1. The van der Waals surface area contributed by atoms with E-state index >= 15 is 0 Å². The van der Waals surface area contributed by atoms with Gasteiger partial charge in [0.15, 0.2) is 5.75 Å². The van der Waals surface area contributed by atoms with Gasteiger partial charge in [-0.05, 0) is 0 Å². The molecule has 0 spiro atoms. The molecular weight excluding hydrogens is 222 g/mol. The predicted molar refractivity (Wildman–Crippen MR) is 55.8 cm³/mol. The first-order valence-corrected chi connectivity index (χ1v) is 4.90. The Labute approximate surface area is 89.3 Å². The van der Waals surface area contributed by atoms with Crippen molar-refractivity contribution in [1.29, 1.82) is 0 Å². The Morgan fingerprint density at radius 1 is 1.64 bits per heavy atom. The van der Waals surface area contributed by atoms with Gasteiger partial charge in [-0.15, -0.1) is 0 Å². The van der Waals surface area contributed by atoms with E-state index in [-0.39, 0.29) is 5.91 Å². The molecule has 14 heavy (non-hydrogen) atoms. The molecule has 0 aromatic carbocycles. The van der Waals surface area contributed by atoms with Gasteiger partial charge in [-0.2, -0.15) is 0 Å². The van der Waals surface area contributed by atoms with Crippen molar-refractivity contribution in [3.63, 3.8) is 0 Å². The zero-order valence-electron chi connectivity index (χ0n) is 6.85. The second kappa shape index (κ2) is 3.85. The lowest BCUT2D eigenvalue weighted by atomic mass is 10.5. The molecule has 0 radical (unpaired) electrons.